The molecule has 1 aliphatic heterocycles. The molecule has 4 nitrogen and oxygen atoms in total. The molecule has 0 saturated carbocycles. The van der Waals surface area contributed by atoms with Crippen LogP contribution in [0.25, 0.3) is 0 Å². The quantitative estimate of drug-likeness (QED) is 0.790. The highest BCUT2D eigenvalue weighted by atomic mass is 16.4. The summed E-state index contributed by atoms with van der Waals surface area (Å²) in [5, 5.41) is 17.8. The minimum atomic E-state index is -0.0338. The topological polar surface area (TPSA) is 56.8 Å². The van der Waals surface area contributed by atoms with Crippen LogP contribution in [-0.4, -0.2) is 34.3 Å². The van der Waals surface area contributed by atoms with Crippen LogP contribution in [0.3, 0.4) is 0 Å². The van der Waals surface area contributed by atoms with Crippen LogP contribution < -0.4 is 0 Å². The van der Waals surface area contributed by atoms with Crippen molar-refractivity contribution in [1.82, 2.24) is 4.90 Å². The number of furan rings is 1. The van der Waals surface area contributed by atoms with Gasteiger partial charge < -0.3 is 14.6 Å². The van der Waals surface area contributed by atoms with Crippen molar-refractivity contribution in [1.29, 1.82) is 0 Å². The number of rotatable bonds is 6. The molecule has 2 N–H and O–H groups in total. The lowest BCUT2D eigenvalue weighted by molar-refractivity contribution is 0.190. The van der Waals surface area contributed by atoms with Gasteiger partial charge in [0.15, 0.2) is 0 Å². The van der Waals surface area contributed by atoms with E-state index in [4.69, 9.17) is 14.6 Å². The van der Waals surface area contributed by atoms with Gasteiger partial charge >= 0.3 is 0 Å². The Bertz CT molecular complexity index is 337. The number of aliphatic hydroxyl groups excluding tert-OH is 2. The Morgan fingerprint density at radius 2 is 2.12 bits per heavy atom. The van der Waals surface area contributed by atoms with Crippen LogP contribution in [0.1, 0.15) is 37.2 Å². The highest BCUT2D eigenvalue weighted by Crippen LogP contribution is 2.24. The van der Waals surface area contributed by atoms with E-state index < -0.39 is 0 Å². The molecule has 1 saturated heterocycles. The summed E-state index contributed by atoms with van der Waals surface area (Å²) < 4.78 is 5.51. The second kappa shape index (κ2) is 6.19. The maximum atomic E-state index is 8.94. The maximum absolute atomic E-state index is 8.94. The predicted molar refractivity (Wildman–Crippen MR) is 64.4 cm³/mol. The molecule has 0 bridgehead atoms. The smallest absolute Gasteiger partial charge is 0.129 e. The van der Waals surface area contributed by atoms with E-state index in [1.165, 1.54) is 12.8 Å². The third-order valence-electron chi connectivity index (χ3n) is 3.43. The molecule has 1 aromatic heterocycles. The van der Waals surface area contributed by atoms with Gasteiger partial charge in [0.2, 0.25) is 0 Å². The summed E-state index contributed by atoms with van der Waals surface area (Å²) >= 11 is 0. The second-order valence-corrected chi connectivity index (χ2v) is 4.66. The van der Waals surface area contributed by atoms with E-state index in [0.29, 0.717) is 11.8 Å². The number of hydrogen-bond acceptors (Lipinski definition) is 4. The van der Waals surface area contributed by atoms with E-state index in [1.807, 2.05) is 12.1 Å². The van der Waals surface area contributed by atoms with Crippen molar-refractivity contribution in [3.8, 4) is 0 Å². The summed E-state index contributed by atoms with van der Waals surface area (Å²) in [6.07, 6.45) is 4.38. The predicted octanol–water partition coefficient (Wildman–Crippen LogP) is 1.51. The third-order valence-corrected chi connectivity index (χ3v) is 3.43. The first-order chi connectivity index (χ1) is 8.33. The molecule has 1 unspecified atom stereocenters. The molecule has 1 fully saturated rings. The fraction of sp³-hybridized carbons (Fsp3) is 0.692. The molecule has 2 rings (SSSR count). The molecular formula is C13H21NO3. The molecule has 0 spiro atoms. The molecule has 0 aromatic carbocycles. The molecule has 1 aromatic rings. The first-order valence-corrected chi connectivity index (χ1v) is 6.37. The van der Waals surface area contributed by atoms with Crippen LogP contribution in [0.5, 0.6) is 0 Å². The summed E-state index contributed by atoms with van der Waals surface area (Å²) in [5.41, 5.74) is 0. The highest BCUT2D eigenvalue weighted by Gasteiger charge is 2.24. The normalized spacial score (nSPS) is 21.2. The third kappa shape index (κ3) is 3.31. The average Bonchev–Trinajstić information content (AvgIpc) is 2.96. The summed E-state index contributed by atoms with van der Waals surface area (Å²) in [7, 11) is 0. The van der Waals surface area contributed by atoms with E-state index in [1.54, 1.807) is 0 Å². The van der Waals surface area contributed by atoms with Gasteiger partial charge in [0, 0.05) is 12.6 Å². The fourth-order valence-corrected chi connectivity index (χ4v) is 2.55. The van der Waals surface area contributed by atoms with Gasteiger partial charge in [-0.3, -0.25) is 4.90 Å². The van der Waals surface area contributed by atoms with Gasteiger partial charge in [0.25, 0.3) is 0 Å². The lowest BCUT2D eigenvalue weighted by atomic mass is 10.1. The summed E-state index contributed by atoms with van der Waals surface area (Å²) in [6.45, 7) is 2.16. The van der Waals surface area contributed by atoms with Crippen molar-refractivity contribution in [2.24, 2.45) is 0 Å². The zero-order valence-electron chi connectivity index (χ0n) is 10.1. The molecule has 17 heavy (non-hydrogen) atoms. The Kier molecular flexibility index (Phi) is 4.59. The van der Waals surface area contributed by atoms with Crippen molar-refractivity contribution in [2.75, 3.05) is 13.2 Å². The number of nitrogens with zero attached hydrogens (tertiary/aromatic N) is 1. The molecule has 0 radical (unpaired) electrons. The largest absolute Gasteiger partial charge is 0.462 e. The first-order valence-electron chi connectivity index (χ1n) is 6.37. The van der Waals surface area contributed by atoms with Gasteiger partial charge in [-0.05, 0) is 44.4 Å². The van der Waals surface area contributed by atoms with Gasteiger partial charge in [-0.25, -0.2) is 0 Å². The Morgan fingerprint density at radius 1 is 1.29 bits per heavy atom. The van der Waals surface area contributed by atoms with Crippen LogP contribution in [0.2, 0.25) is 0 Å². The Morgan fingerprint density at radius 3 is 2.82 bits per heavy atom. The summed E-state index contributed by atoms with van der Waals surface area (Å²) in [6, 6.07) is 4.34. The summed E-state index contributed by atoms with van der Waals surface area (Å²) in [4.78, 5) is 2.41. The highest BCUT2D eigenvalue weighted by molar-refractivity contribution is 5.06. The molecule has 0 amide bonds. The van der Waals surface area contributed by atoms with Crippen LogP contribution in [0.4, 0.5) is 0 Å². The molecule has 2 heterocycles. The minimum absolute atomic E-state index is 0.0338. The second-order valence-electron chi connectivity index (χ2n) is 4.66. The van der Waals surface area contributed by atoms with E-state index in [-0.39, 0.29) is 13.2 Å². The number of hydrogen-bond donors (Lipinski definition) is 2. The minimum Gasteiger partial charge on any atom is -0.462 e. The van der Waals surface area contributed by atoms with Gasteiger partial charge in [0.05, 0.1) is 6.54 Å². The Labute approximate surface area is 102 Å². The monoisotopic (exact) mass is 239 g/mol. The van der Waals surface area contributed by atoms with Crippen molar-refractivity contribution < 1.29 is 14.6 Å². The van der Waals surface area contributed by atoms with Gasteiger partial charge in [-0.1, -0.05) is 0 Å². The zero-order valence-corrected chi connectivity index (χ0v) is 10.1. The van der Waals surface area contributed by atoms with Crippen molar-refractivity contribution >= 4 is 0 Å². The molecule has 1 atom stereocenters. The Balaban J connectivity index is 1.88. The van der Waals surface area contributed by atoms with Crippen LogP contribution >= 0.6 is 0 Å². The van der Waals surface area contributed by atoms with Gasteiger partial charge in [-0.15, -0.1) is 0 Å². The molecular weight excluding hydrogens is 218 g/mol. The number of likely N-dealkylation sites (tertiary alicyclic amines) is 1. The SMILES string of the molecule is OCCCC1CCCN1Cc1ccc(CO)o1. The molecule has 4 heteroatoms. The first kappa shape index (κ1) is 12.6. The summed E-state index contributed by atoms with van der Waals surface area (Å²) in [5.74, 6) is 1.55. The molecule has 1 aliphatic rings. The average molecular weight is 239 g/mol. The van der Waals surface area contributed by atoms with Crippen molar-refractivity contribution in [3.05, 3.63) is 23.7 Å². The van der Waals surface area contributed by atoms with Crippen LogP contribution in [0.15, 0.2) is 16.5 Å². The fourth-order valence-electron chi connectivity index (χ4n) is 2.55. The van der Waals surface area contributed by atoms with Crippen LogP contribution in [-0.2, 0) is 13.2 Å². The van der Waals surface area contributed by atoms with Gasteiger partial charge in [-0.2, -0.15) is 0 Å². The maximum Gasteiger partial charge on any atom is 0.129 e. The van der Waals surface area contributed by atoms with Crippen molar-refractivity contribution in [2.45, 2.75) is 44.9 Å². The Hall–Kier alpha value is -0.840. The lowest BCUT2D eigenvalue weighted by Crippen LogP contribution is -2.28. The van der Waals surface area contributed by atoms with E-state index in [9.17, 15) is 0 Å². The number of aliphatic hydroxyl groups is 2. The van der Waals surface area contributed by atoms with Crippen molar-refractivity contribution in [3.63, 3.8) is 0 Å². The molecule has 0 aliphatic carbocycles. The van der Waals surface area contributed by atoms with Gasteiger partial charge in [0.1, 0.15) is 18.1 Å². The lowest BCUT2D eigenvalue weighted by Gasteiger charge is -2.23. The molecule has 96 valence electrons. The zero-order chi connectivity index (χ0) is 12.1. The van der Waals surface area contributed by atoms with E-state index in [2.05, 4.69) is 4.90 Å². The van der Waals surface area contributed by atoms with E-state index >= 15 is 0 Å². The van der Waals surface area contributed by atoms with E-state index in [0.717, 1.165) is 31.7 Å². The van der Waals surface area contributed by atoms with Crippen LogP contribution in [0, 0.1) is 0 Å². The standard InChI is InChI=1S/C13H21NO3/c15-8-2-4-11-3-1-7-14(11)9-12-5-6-13(10-16)17-12/h5-6,11,15-16H,1-4,7-10H2.